The van der Waals surface area contributed by atoms with Gasteiger partial charge in [-0.15, -0.1) is 11.3 Å². The van der Waals surface area contributed by atoms with Crippen molar-refractivity contribution in [3.05, 3.63) is 40.9 Å². The molecule has 1 aromatic carbocycles. The second-order valence-corrected chi connectivity index (χ2v) is 6.00. The SMILES string of the molecule is CC(C)(C)c1ccc(-c2ncc(C#N)s2)cc1. The highest BCUT2D eigenvalue weighted by Crippen LogP contribution is 2.28. The van der Waals surface area contributed by atoms with Crippen molar-refractivity contribution in [2.45, 2.75) is 26.2 Å². The summed E-state index contributed by atoms with van der Waals surface area (Å²) in [5, 5.41) is 9.67. The highest BCUT2D eigenvalue weighted by Gasteiger charge is 2.13. The van der Waals surface area contributed by atoms with Crippen molar-refractivity contribution in [1.82, 2.24) is 4.98 Å². The van der Waals surface area contributed by atoms with E-state index in [-0.39, 0.29) is 5.41 Å². The third-order valence-electron chi connectivity index (χ3n) is 2.61. The second-order valence-electron chi connectivity index (χ2n) is 4.97. The topological polar surface area (TPSA) is 36.7 Å². The van der Waals surface area contributed by atoms with Gasteiger partial charge in [0.25, 0.3) is 0 Å². The Balaban J connectivity index is 2.33. The van der Waals surface area contributed by atoms with Gasteiger partial charge < -0.3 is 0 Å². The average Bonchev–Trinajstić information content (AvgIpc) is 2.76. The lowest BCUT2D eigenvalue weighted by Crippen LogP contribution is -2.10. The number of hydrogen-bond donors (Lipinski definition) is 0. The van der Waals surface area contributed by atoms with Crippen LogP contribution in [0, 0.1) is 11.3 Å². The van der Waals surface area contributed by atoms with E-state index in [9.17, 15) is 0 Å². The van der Waals surface area contributed by atoms with Crippen LogP contribution in [0.1, 0.15) is 31.2 Å². The summed E-state index contributed by atoms with van der Waals surface area (Å²) in [5.41, 5.74) is 2.54. The molecule has 86 valence electrons. The maximum Gasteiger partial charge on any atom is 0.125 e. The first-order valence-corrected chi connectivity index (χ1v) is 6.29. The molecule has 0 amide bonds. The molecule has 2 aromatic rings. The van der Waals surface area contributed by atoms with E-state index in [0.29, 0.717) is 4.88 Å². The predicted octanol–water partition coefficient (Wildman–Crippen LogP) is 3.98. The van der Waals surface area contributed by atoms with Crippen LogP contribution in [-0.4, -0.2) is 4.98 Å². The Morgan fingerprint density at radius 1 is 1.18 bits per heavy atom. The Labute approximate surface area is 106 Å². The first-order valence-electron chi connectivity index (χ1n) is 5.47. The van der Waals surface area contributed by atoms with Crippen molar-refractivity contribution in [3.63, 3.8) is 0 Å². The van der Waals surface area contributed by atoms with Crippen molar-refractivity contribution in [3.8, 4) is 16.6 Å². The van der Waals surface area contributed by atoms with Crippen molar-refractivity contribution < 1.29 is 0 Å². The summed E-state index contributed by atoms with van der Waals surface area (Å²) < 4.78 is 0. The van der Waals surface area contributed by atoms with Crippen LogP contribution in [0.25, 0.3) is 10.6 Å². The summed E-state index contributed by atoms with van der Waals surface area (Å²) in [6, 6.07) is 10.5. The van der Waals surface area contributed by atoms with Gasteiger partial charge in [0.1, 0.15) is 16.0 Å². The normalized spacial score (nSPS) is 11.2. The third-order valence-corrected chi connectivity index (χ3v) is 3.56. The van der Waals surface area contributed by atoms with Gasteiger partial charge in [0.2, 0.25) is 0 Å². The Kier molecular flexibility index (Phi) is 2.99. The lowest BCUT2D eigenvalue weighted by Gasteiger charge is -2.18. The minimum absolute atomic E-state index is 0.166. The molecule has 0 fully saturated rings. The largest absolute Gasteiger partial charge is 0.243 e. The number of nitriles is 1. The molecular formula is C14H14N2S. The highest BCUT2D eigenvalue weighted by molar-refractivity contribution is 7.15. The van der Waals surface area contributed by atoms with Gasteiger partial charge in [0.15, 0.2) is 0 Å². The molecule has 1 heterocycles. The van der Waals surface area contributed by atoms with Crippen LogP contribution in [0.4, 0.5) is 0 Å². The van der Waals surface area contributed by atoms with Crippen molar-refractivity contribution in [2.75, 3.05) is 0 Å². The number of benzene rings is 1. The lowest BCUT2D eigenvalue weighted by atomic mass is 9.87. The van der Waals surface area contributed by atoms with E-state index in [0.717, 1.165) is 10.6 Å². The Hall–Kier alpha value is -1.66. The number of nitrogens with zero attached hydrogens (tertiary/aromatic N) is 2. The molecule has 0 spiro atoms. The molecule has 0 saturated carbocycles. The van der Waals surface area contributed by atoms with Gasteiger partial charge in [-0.2, -0.15) is 5.26 Å². The van der Waals surface area contributed by atoms with Crippen LogP contribution < -0.4 is 0 Å². The van der Waals surface area contributed by atoms with Gasteiger partial charge >= 0.3 is 0 Å². The summed E-state index contributed by atoms with van der Waals surface area (Å²) in [6.45, 7) is 6.58. The van der Waals surface area contributed by atoms with E-state index in [1.54, 1.807) is 6.20 Å². The first kappa shape index (κ1) is 11.8. The van der Waals surface area contributed by atoms with E-state index in [4.69, 9.17) is 5.26 Å². The number of hydrogen-bond acceptors (Lipinski definition) is 3. The van der Waals surface area contributed by atoms with E-state index in [1.165, 1.54) is 16.9 Å². The maximum absolute atomic E-state index is 8.77. The summed E-state index contributed by atoms with van der Waals surface area (Å²) in [6.07, 6.45) is 1.62. The van der Waals surface area contributed by atoms with Gasteiger partial charge in [-0.1, -0.05) is 45.0 Å². The first-order chi connectivity index (χ1) is 8.00. The Morgan fingerprint density at radius 2 is 1.82 bits per heavy atom. The third kappa shape index (κ3) is 2.54. The minimum atomic E-state index is 0.166. The fourth-order valence-corrected chi connectivity index (χ4v) is 2.29. The molecule has 1 aromatic heterocycles. The lowest BCUT2D eigenvalue weighted by molar-refractivity contribution is 0.590. The van der Waals surface area contributed by atoms with E-state index in [2.05, 4.69) is 56.1 Å². The van der Waals surface area contributed by atoms with Crippen LogP contribution in [-0.2, 0) is 5.41 Å². The molecule has 0 radical (unpaired) electrons. The Bertz CT molecular complexity index is 553. The Morgan fingerprint density at radius 3 is 2.29 bits per heavy atom. The van der Waals surface area contributed by atoms with Crippen molar-refractivity contribution in [1.29, 1.82) is 5.26 Å². The van der Waals surface area contributed by atoms with Gasteiger partial charge in [0.05, 0.1) is 6.20 Å². The molecule has 0 atom stereocenters. The molecule has 0 N–H and O–H groups in total. The van der Waals surface area contributed by atoms with Gasteiger partial charge in [-0.25, -0.2) is 4.98 Å². The van der Waals surface area contributed by atoms with Crippen molar-refractivity contribution in [2.24, 2.45) is 0 Å². The van der Waals surface area contributed by atoms with Crippen LogP contribution in [0.15, 0.2) is 30.5 Å². The summed E-state index contributed by atoms with van der Waals surface area (Å²) >= 11 is 1.43. The molecule has 0 aliphatic heterocycles. The number of aromatic nitrogens is 1. The van der Waals surface area contributed by atoms with Crippen LogP contribution in [0.5, 0.6) is 0 Å². The molecule has 0 unspecified atom stereocenters. The molecule has 0 bridgehead atoms. The predicted molar refractivity (Wildman–Crippen MR) is 71.0 cm³/mol. The average molecular weight is 242 g/mol. The fourth-order valence-electron chi connectivity index (χ4n) is 1.57. The molecular weight excluding hydrogens is 228 g/mol. The zero-order valence-electron chi connectivity index (χ0n) is 10.2. The van der Waals surface area contributed by atoms with Gasteiger partial charge in [-0.3, -0.25) is 0 Å². The van der Waals surface area contributed by atoms with Gasteiger partial charge in [-0.05, 0) is 11.0 Å². The zero-order valence-corrected chi connectivity index (χ0v) is 11.0. The zero-order chi connectivity index (χ0) is 12.5. The molecule has 3 heteroatoms. The van der Waals surface area contributed by atoms with Crippen LogP contribution in [0.3, 0.4) is 0 Å². The maximum atomic E-state index is 8.77. The van der Waals surface area contributed by atoms with Crippen LogP contribution >= 0.6 is 11.3 Å². The number of thiazole rings is 1. The smallest absolute Gasteiger partial charge is 0.125 e. The van der Waals surface area contributed by atoms with E-state index < -0.39 is 0 Å². The quantitative estimate of drug-likeness (QED) is 0.758. The summed E-state index contributed by atoms with van der Waals surface area (Å²) in [5.74, 6) is 0. The standard InChI is InChI=1S/C14H14N2S/c1-14(2,3)11-6-4-10(5-7-11)13-16-9-12(8-15)17-13/h4-7,9H,1-3H3. The molecule has 17 heavy (non-hydrogen) atoms. The highest BCUT2D eigenvalue weighted by atomic mass is 32.1. The molecule has 2 rings (SSSR count). The second kappa shape index (κ2) is 4.31. The molecule has 2 nitrogen and oxygen atoms in total. The van der Waals surface area contributed by atoms with Crippen LogP contribution in [0.2, 0.25) is 0 Å². The summed E-state index contributed by atoms with van der Waals surface area (Å²) in [4.78, 5) is 4.90. The van der Waals surface area contributed by atoms with Crippen molar-refractivity contribution >= 4 is 11.3 Å². The van der Waals surface area contributed by atoms with E-state index >= 15 is 0 Å². The van der Waals surface area contributed by atoms with E-state index in [1.807, 2.05) is 0 Å². The monoisotopic (exact) mass is 242 g/mol. The minimum Gasteiger partial charge on any atom is -0.243 e. The molecule has 0 saturated heterocycles. The molecule has 0 aliphatic rings. The fraction of sp³-hybridized carbons (Fsp3) is 0.286. The number of rotatable bonds is 1. The summed E-state index contributed by atoms with van der Waals surface area (Å²) in [7, 11) is 0. The molecule has 0 aliphatic carbocycles. The van der Waals surface area contributed by atoms with Gasteiger partial charge in [0, 0.05) is 5.56 Å².